The van der Waals surface area contributed by atoms with Crippen molar-refractivity contribution >= 4 is 22.7 Å². The van der Waals surface area contributed by atoms with E-state index >= 15 is 0 Å². The number of carbonyl (C=O) groups excluding carboxylic acids is 2. The van der Waals surface area contributed by atoms with E-state index in [0.717, 1.165) is 34.5 Å². The maximum Gasteiger partial charge on any atom is 0.240 e. The van der Waals surface area contributed by atoms with Gasteiger partial charge in [0.2, 0.25) is 5.91 Å². The maximum absolute atomic E-state index is 13.9. The number of nitrogens with zero attached hydrogens (tertiary/aromatic N) is 6. The Hall–Kier alpha value is -4.18. The Kier molecular flexibility index (Phi) is 7.74. The monoisotopic (exact) mass is 553 g/mol. The van der Waals surface area contributed by atoms with Crippen LogP contribution >= 0.6 is 0 Å². The van der Waals surface area contributed by atoms with Gasteiger partial charge in [0.05, 0.1) is 30.4 Å². The number of benzene rings is 2. The third-order valence-corrected chi connectivity index (χ3v) is 8.49. The second kappa shape index (κ2) is 11.7. The lowest BCUT2D eigenvalue weighted by atomic mass is 9.94. The molecule has 0 bridgehead atoms. The number of hydrogen-bond acceptors (Lipinski definition) is 8. The number of rotatable bonds is 9. The average Bonchev–Trinajstić information content (AvgIpc) is 3.76. The van der Waals surface area contributed by atoms with Gasteiger partial charge < -0.3 is 15.0 Å². The number of nitrogens with one attached hydrogen (secondary N) is 1. The summed E-state index contributed by atoms with van der Waals surface area (Å²) < 4.78 is 7.04. The molecule has 2 aliphatic rings. The van der Waals surface area contributed by atoms with Gasteiger partial charge >= 0.3 is 0 Å². The first-order valence-electron chi connectivity index (χ1n) is 14.2. The predicted molar refractivity (Wildman–Crippen MR) is 153 cm³/mol. The van der Waals surface area contributed by atoms with Crippen molar-refractivity contribution in [3.63, 3.8) is 0 Å². The summed E-state index contributed by atoms with van der Waals surface area (Å²) in [4.78, 5) is 38.1. The van der Waals surface area contributed by atoms with Crippen LogP contribution in [0.3, 0.4) is 0 Å². The summed E-state index contributed by atoms with van der Waals surface area (Å²) in [5, 5.41) is 11.7. The van der Waals surface area contributed by atoms with Gasteiger partial charge in [-0.3, -0.25) is 19.6 Å². The van der Waals surface area contributed by atoms with Gasteiger partial charge in [0.25, 0.3) is 0 Å². The Labute approximate surface area is 239 Å². The van der Waals surface area contributed by atoms with Crippen LogP contribution in [0.1, 0.15) is 42.0 Å². The molecule has 2 aliphatic heterocycles. The van der Waals surface area contributed by atoms with E-state index in [0.29, 0.717) is 38.8 Å². The highest BCUT2D eigenvalue weighted by Gasteiger charge is 2.43. The zero-order chi connectivity index (χ0) is 28.3. The molecule has 2 aromatic carbocycles. The van der Waals surface area contributed by atoms with Crippen molar-refractivity contribution in [1.29, 1.82) is 0 Å². The summed E-state index contributed by atoms with van der Waals surface area (Å²) in [6.07, 6.45) is 8.20. The Bertz CT molecular complexity index is 1520. The SMILES string of the molecule is COc1ccc(C[C@@H]2C[C@@H](C(=O)CCc3ccc4c(c3)nnn4C)N(C(=O)[C@H]3CC(c4cnccn4)CN3)C2)cc1. The molecular weight excluding hydrogens is 518 g/mol. The quantitative estimate of drug-likeness (QED) is 0.337. The van der Waals surface area contributed by atoms with Crippen molar-refractivity contribution in [1.82, 2.24) is 35.2 Å². The van der Waals surface area contributed by atoms with Crippen LogP contribution in [0.5, 0.6) is 5.75 Å². The molecule has 0 spiro atoms. The molecule has 2 fully saturated rings. The molecule has 2 aromatic heterocycles. The third-order valence-electron chi connectivity index (χ3n) is 8.49. The summed E-state index contributed by atoms with van der Waals surface area (Å²) >= 11 is 0. The fourth-order valence-electron chi connectivity index (χ4n) is 6.26. The summed E-state index contributed by atoms with van der Waals surface area (Å²) in [5.74, 6) is 1.26. The molecular formula is C31H35N7O3. The molecule has 10 nitrogen and oxygen atoms in total. The van der Waals surface area contributed by atoms with Gasteiger partial charge in [0.1, 0.15) is 11.3 Å². The van der Waals surface area contributed by atoms with Crippen LogP contribution in [0.2, 0.25) is 0 Å². The van der Waals surface area contributed by atoms with Gasteiger partial charge in [-0.1, -0.05) is 23.4 Å². The van der Waals surface area contributed by atoms with Crippen molar-refractivity contribution in [2.24, 2.45) is 13.0 Å². The number of likely N-dealkylation sites (tertiary alicyclic amines) is 1. The molecule has 4 heterocycles. The topological polar surface area (TPSA) is 115 Å². The Morgan fingerprint density at radius 3 is 2.68 bits per heavy atom. The molecule has 1 unspecified atom stereocenters. The molecule has 0 saturated carbocycles. The van der Waals surface area contributed by atoms with Crippen LogP contribution < -0.4 is 10.1 Å². The van der Waals surface area contributed by atoms with E-state index in [-0.39, 0.29) is 29.6 Å². The molecule has 4 atom stereocenters. The van der Waals surface area contributed by atoms with E-state index in [1.807, 2.05) is 42.3 Å². The number of amides is 1. The number of fused-ring (bicyclic) bond motifs is 1. The minimum atomic E-state index is -0.427. The Balaban J connectivity index is 1.16. The minimum Gasteiger partial charge on any atom is -0.497 e. The number of ketones is 1. The highest BCUT2D eigenvalue weighted by atomic mass is 16.5. The highest BCUT2D eigenvalue weighted by Crippen LogP contribution is 2.32. The van der Waals surface area contributed by atoms with E-state index in [9.17, 15) is 9.59 Å². The Morgan fingerprint density at radius 2 is 1.90 bits per heavy atom. The van der Waals surface area contributed by atoms with Gasteiger partial charge in [-0.15, -0.1) is 5.10 Å². The predicted octanol–water partition coefficient (Wildman–Crippen LogP) is 2.87. The van der Waals surface area contributed by atoms with Crippen molar-refractivity contribution < 1.29 is 14.3 Å². The van der Waals surface area contributed by atoms with Gasteiger partial charge in [-0.05, 0) is 67.0 Å². The normalized spacial score (nSPS) is 22.3. The van der Waals surface area contributed by atoms with Crippen LogP contribution in [-0.4, -0.2) is 73.8 Å². The molecule has 212 valence electrons. The van der Waals surface area contributed by atoms with Gasteiger partial charge in [-0.2, -0.15) is 0 Å². The summed E-state index contributed by atoms with van der Waals surface area (Å²) in [5.41, 5.74) is 4.89. The number of aryl methyl sites for hydroxylation is 2. The summed E-state index contributed by atoms with van der Waals surface area (Å²) in [6.45, 7) is 1.24. The molecule has 6 rings (SSSR count). The van der Waals surface area contributed by atoms with Gasteiger partial charge in [0.15, 0.2) is 5.78 Å². The van der Waals surface area contributed by atoms with Crippen LogP contribution in [0.4, 0.5) is 0 Å². The molecule has 1 N–H and O–H groups in total. The lowest BCUT2D eigenvalue weighted by Crippen LogP contribution is -2.48. The molecule has 0 radical (unpaired) electrons. The first-order valence-corrected chi connectivity index (χ1v) is 14.2. The van der Waals surface area contributed by atoms with E-state index in [1.54, 1.807) is 30.4 Å². The number of ether oxygens (including phenoxy) is 1. The van der Waals surface area contributed by atoms with Gasteiger partial charge in [0, 0.05) is 51.1 Å². The third kappa shape index (κ3) is 5.83. The highest BCUT2D eigenvalue weighted by molar-refractivity contribution is 5.92. The number of Topliss-reactive ketones (excluding diaryl/α,β-unsaturated/α-hetero) is 1. The molecule has 1 amide bonds. The lowest BCUT2D eigenvalue weighted by molar-refractivity contribution is -0.139. The van der Waals surface area contributed by atoms with E-state index in [4.69, 9.17) is 4.74 Å². The zero-order valence-corrected chi connectivity index (χ0v) is 23.4. The smallest absolute Gasteiger partial charge is 0.240 e. The minimum absolute atomic E-state index is 0.00736. The van der Waals surface area contributed by atoms with Gasteiger partial charge in [-0.25, -0.2) is 4.68 Å². The number of carbonyl (C=O) groups is 2. The molecule has 0 aliphatic carbocycles. The van der Waals surface area contributed by atoms with Crippen molar-refractivity contribution in [2.45, 2.75) is 50.1 Å². The molecule has 41 heavy (non-hydrogen) atoms. The fraction of sp³-hybridized carbons (Fsp3) is 0.419. The van der Waals surface area contributed by atoms with Crippen LogP contribution in [0.25, 0.3) is 11.0 Å². The fourth-order valence-corrected chi connectivity index (χ4v) is 6.26. The summed E-state index contributed by atoms with van der Waals surface area (Å²) in [6, 6.07) is 13.3. The number of methoxy groups -OCH3 is 1. The Morgan fingerprint density at radius 1 is 1.07 bits per heavy atom. The first-order chi connectivity index (χ1) is 20.0. The standard InChI is InChI=1S/C31H35N7O3/c1-37-28-9-5-21(14-25(28)35-36-37)6-10-30(39)29-15-22(13-20-3-7-24(41-2)8-4-20)19-38(29)31(40)26-16-23(17-34-26)27-18-32-11-12-33-27/h3-5,7-9,11-12,14,18,22-23,26,29,34H,6,10,13,15-17,19H2,1-2H3/t22-,23?,26-,29+/m1/s1. The molecule has 10 heteroatoms. The van der Waals surface area contributed by atoms with Crippen molar-refractivity contribution in [3.8, 4) is 5.75 Å². The van der Waals surface area contributed by atoms with Crippen LogP contribution in [0, 0.1) is 5.92 Å². The second-order valence-electron chi connectivity index (χ2n) is 11.2. The van der Waals surface area contributed by atoms with E-state index < -0.39 is 6.04 Å². The van der Waals surface area contributed by atoms with Crippen molar-refractivity contribution in [3.05, 3.63) is 77.9 Å². The lowest BCUT2D eigenvalue weighted by Gasteiger charge is -2.27. The van der Waals surface area contributed by atoms with Crippen molar-refractivity contribution in [2.75, 3.05) is 20.2 Å². The van der Waals surface area contributed by atoms with E-state index in [2.05, 4.69) is 37.7 Å². The average molecular weight is 554 g/mol. The first kappa shape index (κ1) is 27.0. The second-order valence-corrected chi connectivity index (χ2v) is 11.2. The number of aromatic nitrogens is 5. The summed E-state index contributed by atoms with van der Waals surface area (Å²) in [7, 11) is 3.52. The van der Waals surface area contributed by atoms with Crippen LogP contribution in [-0.2, 0) is 29.5 Å². The number of hydrogen-bond donors (Lipinski definition) is 1. The largest absolute Gasteiger partial charge is 0.497 e. The van der Waals surface area contributed by atoms with E-state index in [1.165, 1.54) is 5.56 Å². The maximum atomic E-state index is 13.9. The molecule has 2 saturated heterocycles. The van der Waals surface area contributed by atoms with Crippen LogP contribution in [0.15, 0.2) is 61.1 Å². The molecule has 4 aromatic rings. The zero-order valence-electron chi connectivity index (χ0n) is 23.4.